The Kier molecular flexibility index (Phi) is 5.67. The Hall–Kier alpha value is -1.06. The van der Waals surface area contributed by atoms with Crippen molar-refractivity contribution < 1.29 is 0 Å². The fourth-order valence-electron chi connectivity index (χ4n) is 2.32. The smallest absolute Gasteiger partial charge is 0.0332 e. The molecule has 2 nitrogen and oxygen atoms in total. The van der Waals surface area contributed by atoms with Crippen molar-refractivity contribution in [3.8, 4) is 0 Å². The molecule has 0 saturated carbocycles. The van der Waals surface area contributed by atoms with Crippen molar-refractivity contribution in [3.05, 3.63) is 46.4 Å². The lowest BCUT2D eigenvalue weighted by Gasteiger charge is -2.15. The summed E-state index contributed by atoms with van der Waals surface area (Å²) in [4.78, 5) is 1.46. The largest absolute Gasteiger partial charge is 0.354 e. The summed E-state index contributed by atoms with van der Waals surface area (Å²) in [6.07, 6.45) is 7.97. The van der Waals surface area contributed by atoms with Gasteiger partial charge >= 0.3 is 0 Å². The Morgan fingerprint density at radius 2 is 2.21 bits per heavy atom. The van der Waals surface area contributed by atoms with Crippen LogP contribution in [0.15, 0.2) is 36.0 Å². The number of aryl methyl sites for hydroxylation is 2. The van der Waals surface area contributed by atoms with Crippen LogP contribution in [-0.2, 0) is 13.0 Å². The first-order valence-corrected chi connectivity index (χ1v) is 8.13. The fraction of sp³-hybridized carbons (Fsp3) is 0.500. The summed E-state index contributed by atoms with van der Waals surface area (Å²) < 4.78 is 2.31. The van der Waals surface area contributed by atoms with E-state index in [0.717, 1.165) is 25.9 Å². The maximum absolute atomic E-state index is 3.61. The van der Waals surface area contributed by atoms with Crippen LogP contribution in [0.1, 0.15) is 43.2 Å². The number of rotatable bonds is 8. The fourth-order valence-corrected chi connectivity index (χ4v) is 3.01. The quantitative estimate of drug-likeness (QED) is 0.763. The molecule has 2 aromatic heterocycles. The zero-order valence-corrected chi connectivity index (χ0v) is 12.7. The van der Waals surface area contributed by atoms with Crippen molar-refractivity contribution in [1.29, 1.82) is 0 Å². The molecule has 1 N–H and O–H groups in total. The van der Waals surface area contributed by atoms with Gasteiger partial charge < -0.3 is 9.88 Å². The van der Waals surface area contributed by atoms with Crippen LogP contribution >= 0.6 is 11.3 Å². The Labute approximate surface area is 120 Å². The lowest BCUT2D eigenvalue weighted by molar-refractivity contribution is 0.517. The predicted octanol–water partition coefficient (Wildman–Crippen LogP) is 4.24. The van der Waals surface area contributed by atoms with Crippen molar-refractivity contribution in [3.63, 3.8) is 0 Å². The molecule has 19 heavy (non-hydrogen) atoms. The molecule has 0 bridgehead atoms. The molecule has 0 aromatic carbocycles. The summed E-state index contributed by atoms with van der Waals surface area (Å²) in [5.41, 5.74) is 1.42. The average molecular weight is 276 g/mol. The standard InChI is InChI=1S/C16H24N2S/c1-3-9-17-16(4-2)14-7-10-18(13-14)11-8-15-6-5-12-19-15/h5-7,10,12-13,16-17H,3-4,8-9,11H2,1-2H3. The first-order valence-electron chi connectivity index (χ1n) is 7.25. The van der Waals surface area contributed by atoms with Gasteiger partial charge in [0.15, 0.2) is 0 Å². The van der Waals surface area contributed by atoms with Crippen molar-refractivity contribution >= 4 is 11.3 Å². The number of hydrogen-bond acceptors (Lipinski definition) is 2. The second-order valence-corrected chi connectivity index (χ2v) is 5.96. The lowest BCUT2D eigenvalue weighted by atomic mass is 10.1. The van der Waals surface area contributed by atoms with Gasteiger partial charge in [-0.05, 0) is 48.9 Å². The Bertz CT molecular complexity index is 459. The van der Waals surface area contributed by atoms with Crippen LogP contribution in [0.25, 0.3) is 0 Å². The summed E-state index contributed by atoms with van der Waals surface area (Å²) in [7, 11) is 0. The lowest BCUT2D eigenvalue weighted by Crippen LogP contribution is -2.21. The van der Waals surface area contributed by atoms with Crippen LogP contribution in [0.4, 0.5) is 0 Å². The van der Waals surface area contributed by atoms with Gasteiger partial charge in [0.2, 0.25) is 0 Å². The maximum Gasteiger partial charge on any atom is 0.0332 e. The highest BCUT2D eigenvalue weighted by Crippen LogP contribution is 2.18. The minimum Gasteiger partial charge on any atom is -0.354 e. The van der Waals surface area contributed by atoms with Gasteiger partial charge in [-0.1, -0.05) is 19.9 Å². The van der Waals surface area contributed by atoms with Crippen LogP contribution in [0.5, 0.6) is 0 Å². The van der Waals surface area contributed by atoms with E-state index in [1.165, 1.54) is 16.9 Å². The third-order valence-electron chi connectivity index (χ3n) is 3.42. The molecular formula is C16H24N2S. The van der Waals surface area contributed by atoms with Crippen molar-refractivity contribution in [2.45, 2.75) is 45.7 Å². The monoisotopic (exact) mass is 276 g/mol. The first kappa shape index (κ1) is 14.4. The summed E-state index contributed by atoms with van der Waals surface area (Å²) in [6.45, 7) is 6.63. The minimum atomic E-state index is 0.503. The minimum absolute atomic E-state index is 0.503. The van der Waals surface area contributed by atoms with E-state index in [0.29, 0.717) is 6.04 Å². The Morgan fingerprint density at radius 3 is 2.89 bits per heavy atom. The van der Waals surface area contributed by atoms with E-state index in [1.54, 1.807) is 0 Å². The normalized spacial score (nSPS) is 12.7. The van der Waals surface area contributed by atoms with Gasteiger partial charge in [0, 0.05) is 29.9 Å². The van der Waals surface area contributed by atoms with Crippen molar-refractivity contribution in [2.24, 2.45) is 0 Å². The number of nitrogens with zero attached hydrogens (tertiary/aromatic N) is 1. The molecular weight excluding hydrogens is 252 g/mol. The topological polar surface area (TPSA) is 17.0 Å². The summed E-state index contributed by atoms with van der Waals surface area (Å²) in [5.74, 6) is 0. The van der Waals surface area contributed by atoms with Crippen LogP contribution in [0, 0.1) is 0 Å². The highest BCUT2D eigenvalue weighted by molar-refractivity contribution is 7.09. The van der Waals surface area contributed by atoms with Crippen LogP contribution in [0.2, 0.25) is 0 Å². The molecule has 0 spiro atoms. The predicted molar refractivity (Wildman–Crippen MR) is 83.8 cm³/mol. The van der Waals surface area contributed by atoms with Gasteiger partial charge in [-0.2, -0.15) is 0 Å². The average Bonchev–Trinajstić information content (AvgIpc) is 3.09. The van der Waals surface area contributed by atoms with E-state index in [-0.39, 0.29) is 0 Å². The number of hydrogen-bond donors (Lipinski definition) is 1. The summed E-state index contributed by atoms with van der Waals surface area (Å²) >= 11 is 1.85. The first-order chi connectivity index (χ1) is 9.33. The summed E-state index contributed by atoms with van der Waals surface area (Å²) in [5, 5.41) is 5.76. The molecule has 104 valence electrons. The van der Waals surface area contributed by atoms with E-state index in [1.807, 2.05) is 11.3 Å². The molecule has 2 aromatic rings. The molecule has 3 heteroatoms. The zero-order chi connectivity index (χ0) is 13.5. The molecule has 0 saturated heterocycles. The third kappa shape index (κ3) is 4.22. The van der Waals surface area contributed by atoms with Crippen LogP contribution in [-0.4, -0.2) is 11.1 Å². The molecule has 2 rings (SSSR count). The van der Waals surface area contributed by atoms with Crippen molar-refractivity contribution in [2.75, 3.05) is 6.54 Å². The van der Waals surface area contributed by atoms with Crippen LogP contribution in [0.3, 0.4) is 0 Å². The highest BCUT2D eigenvalue weighted by atomic mass is 32.1. The SMILES string of the molecule is CCCNC(CC)c1ccn(CCc2cccs2)c1. The van der Waals surface area contributed by atoms with E-state index in [2.05, 4.69) is 59.7 Å². The van der Waals surface area contributed by atoms with Gasteiger partial charge in [0.1, 0.15) is 0 Å². The molecule has 1 atom stereocenters. The number of aromatic nitrogens is 1. The molecule has 0 radical (unpaired) electrons. The van der Waals surface area contributed by atoms with Gasteiger partial charge in [-0.3, -0.25) is 0 Å². The highest BCUT2D eigenvalue weighted by Gasteiger charge is 2.09. The van der Waals surface area contributed by atoms with Gasteiger partial charge in [-0.25, -0.2) is 0 Å². The molecule has 0 amide bonds. The third-order valence-corrected chi connectivity index (χ3v) is 4.36. The zero-order valence-electron chi connectivity index (χ0n) is 11.9. The van der Waals surface area contributed by atoms with Crippen LogP contribution < -0.4 is 5.32 Å². The van der Waals surface area contributed by atoms with Gasteiger partial charge in [0.25, 0.3) is 0 Å². The second-order valence-electron chi connectivity index (χ2n) is 4.93. The Morgan fingerprint density at radius 1 is 1.32 bits per heavy atom. The Balaban J connectivity index is 1.90. The van der Waals surface area contributed by atoms with E-state index < -0.39 is 0 Å². The number of nitrogens with one attached hydrogen (secondary N) is 1. The molecule has 0 aliphatic carbocycles. The molecule has 1 unspecified atom stereocenters. The van der Waals surface area contributed by atoms with Crippen molar-refractivity contribution in [1.82, 2.24) is 9.88 Å². The maximum atomic E-state index is 3.61. The second kappa shape index (κ2) is 7.51. The van der Waals surface area contributed by atoms with E-state index in [9.17, 15) is 0 Å². The van der Waals surface area contributed by atoms with E-state index >= 15 is 0 Å². The molecule has 0 aliphatic rings. The summed E-state index contributed by atoms with van der Waals surface area (Å²) in [6, 6.07) is 7.10. The van der Waals surface area contributed by atoms with E-state index in [4.69, 9.17) is 0 Å². The molecule has 0 fully saturated rings. The van der Waals surface area contributed by atoms with Gasteiger partial charge in [-0.15, -0.1) is 11.3 Å². The number of thiophene rings is 1. The van der Waals surface area contributed by atoms with Gasteiger partial charge in [0.05, 0.1) is 0 Å². The molecule has 0 aliphatic heterocycles. The molecule has 2 heterocycles.